The average molecular weight is 508 g/mol. The third-order valence-electron chi connectivity index (χ3n) is 6.62. The van der Waals surface area contributed by atoms with Crippen molar-refractivity contribution in [3.63, 3.8) is 0 Å². The first-order valence-corrected chi connectivity index (χ1v) is 11.3. The molecule has 2 aromatic rings. The van der Waals surface area contributed by atoms with Crippen molar-refractivity contribution in [2.24, 2.45) is 0 Å². The second kappa shape index (κ2) is 9.08. The van der Waals surface area contributed by atoms with Crippen molar-refractivity contribution in [2.75, 3.05) is 41.9 Å². The molecule has 2 saturated heterocycles. The number of methoxy groups -OCH3 is 1. The number of anilines is 3. The number of nitrogens with one attached hydrogen (secondary N) is 1. The molecule has 14 heteroatoms. The highest BCUT2D eigenvalue weighted by Crippen LogP contribution is 2.36. The molecule has 2 aromatic heterocycles. The fourth-order valence-electron chi connectivity index (χ4n) is 4.84. The van der Waals surface area contributed by atoms with E-state index in [1.165, 1.54) is 29.9 Å². The number of Topliss-reactive ketones (excluding diaryl/α,β-unsaturated/α-hetero) is 1. The summed E-state index contributed by atoms with van der Waals surface area (Å²) in [5.41, 5.74) is -0.437. The first kappa shape index (κ1) is 24.0. The lowest BCUT2D eigenvalue weighted by Crippen LogP contribution is -2.54. The maximum absolute atomic E-state index is 14.0. The Kier molecular flexibility index (Phi) is 6.06. The zero-order chi connectivity index (χ0) is 25.6. The monoisotopic (exact) mass is 508 g/mol. The van der Waals surface area contributed by atoms with Gasteiger partial charge in [0.15, 0.2) is 5.78 Å². The normalized spacial score (nSPS) is 22.9. The van der Waals surface area contributed by atoms with Gasteiger partial charge in [-0.15, -0.1) is 0 Å². The van der Waals surface area contributed by atoms with Crippen LogP contribution in [0.25, 0.3) is 0 Å². The van der Waals surface area contributed by atoms with Gasteiger partial charge >= 0.3 is 12.3 Å². The maximum atomic E-state index is 14.0. The molecule has 3 aliphatic rings. The fourth-order valence-corrected chi connectivity index (χ4v) is 4.84. The van der Waals surface area contributed by atoms with Gasteiger partial charge < -0.3 is 19.3 Å². The van der Waals surface area contributed by atoms with Crippen molar-refractivity contribution in [1.29, 1.82) is 0 Å². The van der Waals surface area contributed by atoms with Gasteiger partial charge in [-0.3, -0.25) is 19.5 Å². The molecule has 0 aromatic carbocycles. The molecule has 0 saturated carbocycles. The molecule has 0 radical (unpaired) electrons. The van der Waals surface area contributed by atoms with E-state index in [0.717, 1.165) is 17.5 Å². The van der Waals surface area contributed by atoms with Crippen LogP contribution in [-0.4, -0.2) is 77.6 Å². The van der Waals surface area contributed by atoms with Crippen LogP contribution in [0.3, 0.4) is 0 Å². The highest BCUT2D eigenvalue weighted by atomic mass is 19.4. The summed E-state index contributed by atoms with van der Waals surface area (Å²) in [5.74, 6) is -0.456. The van der Waals surface area contributed by atoms with Gasteiger partial charge in [0.2, 0.25) is 5.95 Å². The van der Waals surface area contributed by atoms with Crippen LogP contribution in [0.5, 0.6) is 0 Å². The first-order valence-electron chi connectivity index (χ1n) is 11.3. The Morgan fingerprint density at radius 1 is 1.31 bits per heavy atom. The molecule has 1 amide bonds. The average Bonchev–Trinajstić information content (AvgIpc) is 3.48. The minimum absolute atomic E-state index is 0.000311. The number of carbonyl (C=O) groups is 2. The van der Waals surface area contributed by atoms with E-state index >= 15 is 0 Å². The number of rotatable bonds is 5. The summed E-state index contributed by atoms with van der Waals surface area (Å²) in [6.07, 6.45) is -3.89. The molecule has 192 valence electrons. The van der Waals surface area contributed by atoms with E-state index in [2.05, 4.69) is 20.0 Å². The number of alkyl halides is 3. The summed E-state index contributed by atoms with van der Waals surface area (Å²) in [4.78, 5) is 48.3. The number of nitrogens with zero attached hydrogens (tertiary/aromatic N) is 5. The molecular weight excluding hydrogens is 485 g/mol. The lowest BCUT2D eigenvalue weighted by Gasteiger charge is -2.39. The summed E-state index contributed by atoms with van der Waals surface area (Å²) >= 11 is 0. The zero-order valence-electron chi connectivity index (χ0n) is 19.2. The Bertz CT molecular complexity index is 1230. The number of pyridine rings is 1. The topological polar surface area (TPSA) is 119 Å². The van der Waals surface area contributed by atoms with Gasteiger partial charge in [-0.25, -0.2) is 9.78 Å². The van der Waals surface area contributed by atoms with Crippen molar-refractivity contribution in [2.45, 2.75) is 43.8 Å². The van der Waals surface area contributed by atoms with Crippen LogP contribution in [0.1, 0.15) is 23.2 Å². The molecule has 1 N–H and O–H groups in total. The molecule has 0 unspecified atom stereocenters. The number of ketones is 1. The SMILES string of the molecule is COC(=O)Nc1ccc(C(=O)CN2c3nc(N4C[C@@H]5C[C@H]4CO5)cc(=O)n3CC[C@H]2C(F)(F)F)cn1. The molecule has 36 heavy (non-hydrogen) atoms. The van der Waals surface area contributed by atoms with E-state index in [4.69, 9.17) is 4.74 Å². The zero-order valence-corrected chi connectivity index (χ0v) is 19.2. The number of carbonyl (C=O) groups excluding carboxylic acids is 2. The Hall–Kier alpha value is -3.68. The van der Waals surface area contributed by atoms with Gasteiger partial charge in [0.25, 0.3) is 5.56 Å². The van der Waals surface area contributed by atoms with E-state index < -0.39 is 42.6 Å². The summed E-state index contributed by atoms with van der Waals surface area (Å²) in [5, 5.41) is 2.33. The molecule has 0 aliphatic carbocycles. The second-order valence-corrected chi connectivity index (χ2v) is 8.85. The number of morpholine rings is 1. The summed E-state index contributed by atoms with van der Waals surface area (Å²) in [7, 11) is 1.17. The smallest absolute Gasteiger partial charge is 0.412 e. The highest BCUT2D eigenvalue weighted by molar-refractivity contribution is 5.99. The Morgan fingerprint density at radius 3 is 2.72 bits per heavy atom. The number of fused-ring (bicyclic) bond motifs is 3. The van der Waals surface area contributed by atoms with Gasteiger partial charge in [0.1, 0.15) is 17.7 Å². The van der Waals surface area contributed by atoms with Crippen molar-refractivity contribution < 1.29 is 32.2 Å². The predicted octanol–water partition coefficient (Wildman–Crippen LogP) is 1.82. The van der Waals surface area contributed by atoms with E-state index in [0.29, 0.717) is 13.2 Å². The van der Waals surface area contributed by atoms with Gasteiger partial charge in [0.05, 0.1) is 32.4 Å². The number of hydrogen-bond donors (Lipinski definition) is 1. The predicted molar refractivity (Wildman–Crippen MR) is 120 cm³/mol. The molecule has 5 rings (SSSR count). The van der Waals surface area contributed by atoms with Crippen LogP contribution >= 0.6 is 0 Å². The number of aromatic nitrogens is 3. The number of ether oxygens (including phenoxy) is 2. The quantitative estimate of drug-likeness (QED) is 0.604. The van der Waals surface area contributed by atoms with E-state index in [9.17, 15) is 27.6 Å². The van der Waals surface area contributed by atoms with Crippen LogP contribution in [0.4, 0.5) is 35.5 Å². The molecule has 2 fully saturated rings. The summed E-state index contributed by atoms with van der Waals surface area (Å²) in [6.45, 7) is 0.132. The summed E-state index contributed by atoms with van der Waals surface area (Å²) in [6, 6.07) is 2.02. The van der Waals surface area contributed by atoms with Crippen LogP contribution in [0.2, 0.25) is 0 Å². The Balaban J connectivity index is 1.45. The molecule has 2 bridgehead atoms. The van der Waals surface area contributed by atoms with Crippen molar-refractivity contribution >= 4 is 29.5 Å². The molecule has 0 spiro atoms. The van der Waals surface area contributed by atoms with Gasteiger partial charge in [0, 0.05) is 30.9 Å². The van der Waals surface area contributed by atoms with Gasteiger partial charge in [-0.05, 0) is 25.0 Å². The van der Waals surface area contributed by atoms with E-state index in [1.54, 1.807) is 0 Å². The first-order chi connectivity index (χ1) is 17.1. The van der Waals surface area contributed by atoms with Crippen LogP contribution < -0.4 is 20.7 Å². The molecule has 11 nitrogen and oxygen atoms in total. The largest absolute Gasteiger partial charge is 0.453 e. The standard InChI is InChI=1S/C22H23F3N6O5/c1-35-21(34)27-17-3-2-12(8-26-17)15(32)10-31-16(22(23,24)25)4-5-29-19(33)7-18(28-20(29)31)30-9-14-6-13(30)11-36-14/h2-3,7-8,13-14,16H,4-6,9-11H2,1H3,(H,26,27,34)/t13-,14-,16-/m0/s1. The van der Waals surface area contributed by atoms with Crippen LogP contribution in [-0.2, 0) is 16.0 Å². The number of hydrogen-bond acceptors (Lipinski definition) is 9. The second-order valence-electron chi connectivity index (χ2n) is 8.85. The van der Waals surface area contributed by atoms with Gasteiger partial charge in [-0.2, -0.15) is 18.2 Å². The molecule has 5 heterocycles. The maximum Gasteiger partial charge on any atom is 0.412 e. The third kappa shape index (κ3) is 4.47. The lowest BCUT2D eigenvalue weighted by molar-refractivity contribution is -0.152. The summed E-state index contributed by atoms with van der Waals surface area (Å²) < 4.78 is 53.2. The third-order valence-corrected chi connectivity index (χ3v) is 6.62. The molecule has 3 atom stereocenters. The Labute approximate surface area is 202 Å². The van der Waals surface area contributed by atoms with Crippen molar-refractivity contribution in [3.8, 4) is 0 Å². The lowest BCUT2D eigenvalue weighted by atomic mass is 10.1. The fraction of sp³-hybridized carbons (Fsp3) is 0.500. The molecular formula is C22H23F3N6O5. The highest BCUT2D eigenvalue weighted by Gasteiger charge is 2.48. The van der Waals surface area contributed by atoms with Gasteiger partial charge in [-0.1, -0.05) is 0 Å². The van der Waals surface area contributed by atoms with Crippen molar-refractivity contribution in [3.05, 3.63) is 40.3 Å². The minimum Gasteiger partial charge on any atom is -0.453 e. The number of amides is 1. The Morgan fingerprint density at radius 2 is 2.11 bits per heavy atom. The van der Waals surface area contributed by atoms with Crippen molar-refractivity contribution in [1.82, 2.24) is 14.5 Å². The molecule has 3 aliphatic heterocycles. The number of halogens is 3. The van der Waals surface area contributed by atoms with Crippen LogP contribution in [0, 0.1) is 0 Å². The van der Waals surface area contributed by atoms with E-state index in [1.807, 2.05) is 4.90 Å². The van der Waals surface area contributed by atoms with Crippen LogP contribution in [0.15, 0.2) is 29.2 Å². The van der Waals surface area contributed by atoms with E-state index in [-0.39, 0.29) is 41.8 Å². The minimum atomic E-state index is -4.65.